The van der Waals surface area contributed by atoms with E-state index in [1.165, 1.54) is 28.7 Å². The van der Waals surface area contributed by atoms with Gasteiger partial charge >= 0.3 is 0 Å². The van der Waals surface area contributed by atoms with E-state index in [-0.39, 0.29) is 36.3 Å². The number of hydrogen-bond acceptors (Lipinski definition) is 6. The maximum absolute atomic E-state index is 13.0. The highest BCUT2D eigenvalue weighted by molar-refractivity contribution is 6.02. The molecule has 180 valence electrons. The van der Waals surface area contributed by atoms with Crippen molar-refractivity contribution in [2.45, 2.75) is 32.6 Å². The first kappa shape index (κ1) is 23.5. The fourth-order valence-corrected chi connectivity index (χ4v) is 4.47. The summed E-state index contributed by atoms with van der Waals surface area (Å²) in [6.07, 6.45) is 3.89. The van der Waals surface area contributed by atoms with E-state index >= 15 is 0 Å². The SMILES string of the molecule is CCOc1ccc(CCC2CCN(C(=O)CN3C(=O)COc4ccc([N+](=O)[O-])cc43)CC2)cc1. The fourth-order valence-electron chi connectivity index (χ4n) is 4.47. The standard InChI is InChI=1S/C25H29N3O6/c1-2-33-21-8-5-18(6-9-21)3-4-19-11-13-26(14-12-19)24(29)16-27-22-15-20(28(31)32)7-10-23(22)34-17-25(27)30/h5-10,15,19H,2-4,11-14,16-17H2,1H3. The van der Waals surface area contributed by atoms with Gasteiger partial charge in [0.1, 0.15) is 18.0 Å². The van der Waals surface area contributed by atoms with Gasteiger partial charge in [-0.1, -0.05) is 12.1 Å². The third-order valence-corrected chi connectivity index (χ3v) is 6.43. The lowest BCUT2D eigenvalue weighted by Gasteiger charge is -2.35. The number of nitro benzene ring substituents is 1. The monoisotopic (exact) mass is 467 g/mol. The molecule has 1 fully saturated rings. The molecule has 0 unspecified atom stereocenters. The zero-order valence-corrected chi connectivity index (χ0v) is 19.3. The molecular weight excluding hydrogens is 438 g/mol. The summed E-state index contributed by atoms with van der Waals surface area (Å²) in [5.41, 5.74) is 1.40. The topological polar surface area (TPSA) is 102 Å². The van der Waals surface area contributed by atoms with Crippen LogP contribution in [0.15, 0.2) is 42.5 Å². The van der Waals surface area contributed by atoms with Gasteiger partial charge in [0, 0.05) is 25.2 Å². The van der Waals surface area contributed by atoms with Crippen LogP contribution in [0.1, 0.15) is 31.7 Å². The fraction of sp³-hybridized carbons (Fsp3) is 0.440. The average molecular weight is 468 g/mol. The number of fused-ring (bicyclic) bond motifs is 1. The van der Waals surface area contributed by atoms with Crippen LogP contribution in [0.25, 0.3) is 0 Å². The van der Waals surface area contributed by atoms with Crippen LogP contribution in [0.4, 0.5) is 11.4 Å². The summed E-state index contributed by atoms with van der Waals surface area (Å²) >= 11 is 0. The normalized spacial score (nSPS) is 16.1. The molecule has 9 nitrogen and oxygen atoms in total. The smallest absolute Gasteiger partial charge is 0.271 e. The van der Waals surface area contributed by atoms with Gasteiger partial charge in [-0.2, -0.15) is 0 Å². The van der Waals surface area contributed by atoms with Crippen molar-refractivity contribution in [3.8, 4) is 11.5 Å². The van der Waals surface area contributed by atoms with Gasteiger partial charge in [0.25, 0.3) is 11.6 Å². The number of hydrogen-bond donors (Lipinski definition) is 0. The van der Waals surface area contributed by atoms with Crippen molar-refractivity contribution in [2.24, 2.45) is 5.92 Å². The molecule has 2 heterocycles. The van der Waals surface area contributed by atoms with Gasteiger partial charge in [0.2, 0.25) is 5.91 Å². The highest BCUT2D eigenvalue weighted by atomic mass is 16.6. The molecule has 2 aliphatic heterocycles. The predicted octanol–water partition coefficient (Wildman–Crippen LogP) is 3.59. The van der Waals surface area contributed by atoms with Crippen molar-refractivity contribution in [3.05, 3.63) is 58.1 Å². The number of piperidine rings is 1. The van der Waals surface area contributed by atoms with E-state index in [0.717, 1.165) is 31.4 Å². The van der Waals surface area contributed by atoms with Gasteiger partial charge in [-0.05, 0) is 62.3 Å². The Labute approximate surface area is 198 Å². The molecule has 4 rings (SSSR count). The molecule has 0 aliphatic carbocycles. The van der Waals surface area contributed by atoms with E-state index in [4.69, 9.17) is 9.47 Å². The molecular formula is C25H29N3O6. The summed E-state index contributed by atoms with van der Waals surface area (Å²) in [6.45, 7) is 3.58. The number of ether oxygens (including phenoxy) is 2. The Hall–Kier alpha value is -3.62. The lowest BCUT2D eigenvalue weighted by Crippen LogP contribution is -2.48. The molecule has 0 aromatic heterocycles. The van der Waals surface area contributed by atoms with Crippen LogP contribution in [0, 0.1) is 16.0 Å². The summed E-state index contributed by atoms with van der Waals surface area (Å²) < 4.78 is 10.9. The molecule has 2 aromatic carbocycles. The van der Waals surface area contributed by atoms with Crippen LogP contribution in [0.2, 0.25) is 0 Å². The van der Waals surface area contributed by atoms with E-state index in [2.05, 4.69) is 12.1 Å². The lowest BCUT2D eigenvalue weighted by atomic mass is 9.90. The number of likely N-dealkylation sites (tertiary alicyclic amines) is 1. The summed E-state index contributed by atoms with van der Waals surface area (Å²) in [6, 6.07) is 12.3. The van der Waals surface area contributed by atoms with Gasteiger partial charge in [-0.15, -0.1) is 0 Å². The highest BCUT2D eigenvalue weighted by Crippen LogP contribution is 2.35. The van der Waals surface area contributed by atoms with Crippen LogP contribution in [0.3, 0.4) is 0 Å². The molecule has 9 heteroatoms. The number of nitro groups is 1. The number of rotatable bonds is 8. The Morgan fingerprint density at radius 1 is 1.18 bits per heavy atom. The second kappa shape index (κ2) is 10.5. The number of anilines is 1. The van der Waals surface area contributed by atoms with Gasteiger partial charge in [-0.25, -0.2) is 0 Å². The van der Waals surface area contributed by atoms with Gasteiger partial charge in [0.05, 0.1) is 17.2 Å². The minimum Gasteiger partial charge on any atom is -0.494 e. The second-order valence-corrected chi connectivity index (χ2v) is 8.62. The van der Waals surface area contributed by atoms with Crippen LogP contribution >= 0.6 is 0 Å². The predicted molar refractivity (Wildman–Crippen MR) is 126 cm³/mol. The molecule has 0 N–H and O–H groups in total. The molecule has 2 amide bonds. The number of amides is 2. The van der Waals surface area contributed by atoms with Crippen LogP contribution in [0.5, 0.6) is 11.5 Å². The van der Waals surface area contributed by atoms with Crippen LogP contribution in [-0.2, 0) is 16.0 Å². The van der Waals surface area contributed by atoms with E-state index < -0.39 is 4.92 Å². The molecule has 0 saturated carbocycles. The Bertz CT molecular complexity index is 1050. The third-order valence-electron chi connectivity index (χ3n) is 6.43. The molecule has 2 aromatic rings. The number of aryl methyl sites for hydroxylation is 1. The average Bonchev–Trinajstić information content (AvgIpc) is 2.85. The Morgan fingerprint density at radius 3 is 2.59 bits per heavy atom. The summed E-state index contributed by atoms with van der Waals surface area (Å²) in [7, 11) is 0. The number of carbonyl (C=O) groups excluding carboxylic acids is 2. The Kier molecular flexibility index (Phi) is 7.30. The molecule has 0 spiro atoms. The van der Waals surface area contributed by atoms with E-state index in [1.54, 1.807) is 4.90 Å². The number of carbonyl (C=O) groups is 2. The first-order valence-electron chi connectivity index (χ1n) is 11.7. The van der Waals surface area contributed by atoms with Crippen molar-refractivity contribution in [1.29, 1.82) is 0 Å². The van der Waals surface area contributed by atoms with Gasteiger partial charge < -0.3 is 14.4 Å². The largest absolute Gasteiger partial charge is 0.494 e. The molecule has 2 aliphatic rings. The van der Waals surface area contributed by atoms with Crippen LogP contribution < -0.4 is 14.4 Å². The van der Waals surface area contributed by atoms with Crippen molar-refractivity contribution < 1.29 is 24.0 Å². The third kappa shape index (κ3) is 5.47. The summed E-state index contributed by atoms with van der Waals surface area (Å²) in [4.78, 5) is 39.1. The van der Waals surface area contributed by atoms with Crippen molar-refractivity contribution in [1.82, 2.24) is 4.90 Å². The molecule has 34 heavy (non-hydrogen) atoms. The van der Waals surface area contributed by atoms with Crippen molar-refractivity contribution in [2.75, 3.05) is 37.7 Å². The maximum atomic E-state index is 13.0. The highest BCUT2D eigenvalue weighted by Gasteiger charge is 2.31. The molecule has 0 atom stereocenters. The minimum absolute atomic E-state index is 0.146. The van der Waals surface area contributed by atoms with Crippen molar-refractivity contribution >= 4 is 23.2 Å². The Morgan fingerprint density at radius 2 is 1.91 bits per heavy atom. The van der Waals surface area contributed by atoms with E-state index in [0.29, 0.717) is 31.4 Å². The Balaban J connectivity index is 1.30. The first-order valence-corrected chi connectivity index (χ1v) is 11.7. The second-order valence-electron chi connectivity index (χ2n) is 8.62. The number of non-ortho nitro benzene ring substituents is 1. The lowest BCUT2D eigenvalue weighted by molar-refractivity contribution is -0.384. The van der Waals surface area contributed by atoms with Gasteiger partial charge in [-0.3, -0.25) is 24.6 Å². The summed E-state index contributed by atoms with van der Waals surface area (Å²) in [5, 5.41) is 11.1. The molecule has 0 bridgehead atoms. The van der Waals surface area contributed by atoms with Gasteiger partial charge in [0.15, 0.2) is 6.61 Å². The van der Waals surface area contributed by atoms with E-state index in [1.807, 2.05) is 19.1 Å². The maximum Gasteiger partial charge on any atom is 0.271 e. The molecule has 1 saturated heterocycles. The van der Waals surface area contributed by atoms with E-state index in [9.17, 15) is 19.7 Å². The van der Waals surface area contributed by atoms with Crippen LogP contribution in [-0.4, -0.2) is 54.5 Å². The number of benzene rings is 2. The quantitative estimate of drug-likeness (QED) is 0.434. The first-order chi connectivity index (χ1) is 16.4. The van der Waals surface area contributed by atoms with Crippen molar-refractivity contribution in [3.63, 3.8) is 0 Å². The zero-order chi connectivity index (χ0) is 24.1. The summed E-state index contributed by atoms with van der Waals surface area (Å²) in [5.74, 6) is 1.26. The zero-order valence-electron chi connectivity index (χ0n) is 19.3. The number of nitrogens with zero attached hydrogens (tertiary/aromatic N) is 3. The molecule has 0 radical (unpaired) electrons. The minimum atomic E-state index is -0.530.